The van der Waals surface area contributed by atoms with Crippen LogP contribution in [0, 0.1) is 0 Å². The highest BCUT2D eigenvalue weighted by Crippen LogP contribution is 2.35. The molecular weight excluding hydrogens is 492 g/mol. The molecule has 1 aliphatic carbocycles. The molecule has 1 aliphatic heterocycles. The third-order valence-electron chi connectivity index (χ3n) is 7.03. The van der Waals surface area contributed by atoms with Gasteiger partial charge in [-0.3, -0.25) is 9.59 Å². The topological polar surface area (TPSA) is 49.9 Å². The van der Waals surface area contributed by atoms with Crippen molar-refractivity contribution in [3.63, 3.8) is 0 Å². The predicted octanol–water partition coefficient (Wildman–Crippen LogP) is 6.33. The molecule has 1 fully saturated rings. The maximum Gasteiger partial charge on any atom is 0.256 e. The molecule has 0 spiro atoms. The summed E-state index contributed by atoms with van der Waals surface area (Å²) < 4.78 is 6.20. The summed E-state index contributed by atoms with van der Waals surface area (Å²) in [4.78, 5) is 31.9. The van der Waals surface area contributed by atoms with Crippen molar-refractivity contribution in [1.29, 1.82) is 0 Å². The normalized spacial score (nSPS) is 17.1. The van der Waals surface area contributed by atoms with E-state index < -0.39 is 0 Å². The van der Waals surface area contributed by atoms with Crippen molar-refractivity contribution in [3.8, 4) is 5.75 Å². The number of ether oxygens (including phenoxy) is 1. The first kappa shape index (κ1) is 24.8. The zero-order chi connectivity index (χ0) is 25.2. The predicted molar refractivity (Wildman–Crippen MR) is 144 cm³/mol. The van der Waals surface area contributed by atoms with Crippen LogP contribution in [-0.2, 0) is 11.2 Å². The highest BCUT2D eigenvalue weighted by atomic mass is 35.5. The van der Waals surface area contributed by atoms with Crippen molar-refractivity contribution in [3.05, 3.63) is 86.6 Å². The van der Waals surface area contributed by atoms with Gasteiger partial charge >= 0.3 is 0 Å². The van der Waals surface area contributed by atoms with E-state index in [-0.39, 0.29) is 30.4 Å². The van der Waals surface area contributed by atoms with Gasteiger partial charge in [-0.25, -0.2) is 0 Å². The van der Waals surface area contributed by atoms with E-state index in [1.54, 1.807) is 40.5 Å². The molecule has 188 valence electrons. The van der Waals surface area contributed by atoms with Crippen LogP contribution >= 0.6 is 22.9 Å². The van der Waals surface area contributed by atoms with Crippen molar-refractivity contribution >= 4 is 34.8 Å². The van der Waals surface area contributed by atoms with E-state index in [9.17, 15) is 9.59 Å². The van der Waals surface area contributed by atoms with Gasteiger partial charge < -0.3 is 14.5 Å². The molecule has 0 bridgehead atoms. The van der Waals surface area contributed by atoms with Crippen LogP contribution in [0.2, 0.25) is 5.02 Å². The van der Waals surface area contributed by atoms with E-state index in [2.05, 4.69) is 37.4 Å². The van der Waals surface area contributed by atoms with Gasteiger partial charge in [-0.2, -0.15) is 0 Å². The van der Waals surface area contributed by atoms with Gasteiger partial charge in [0.2, 0.25) is 5.91 Å². The minimum atomic E-state index is -0.186. The molecule has 0 unspecified atom stereocenters. The Labute approximate surface area is 221 Å². The molecule has 2 aromatic carbocycles. The number of hydrogen-bond acceptors (Lipinski definition) is 4. The van der Waals surface area contributed by atoms with Crippen LogP contribution in [0.4, 0.5) is 0 Å². The van der Waals surface area contributed by atoms with Crippen LogP contribution in [0.25, 0.3) is 0 Å². The third kappa shape index (κ3) is 5.30. The summed E-state index contributed by atoms with van der Waals surface area (Å²) in [7, 11) is 0. The number of halogens is 1. The second-order valence-electron chi connectivity index (χ2n) is 9.83. The first-order chi connectivity index (χ1) is 17.4. The average Bonchev–Trinajstić information content (AvgIpc) is 3.61. The summed E-state index contributed by atoms with van der Waals surface area (Å²) in [5.41, 5.74) is 2.86. The first-order valence-corrected chi connectivity index (χ1v) is 13.8. The number of carbonyl (C=O) groups excluding carboxylic acids is 2. The van der Waals surface area contributed by atoms with Gasteiger partial charge in [0.05, 0.1) is 16.6 Å². The number of rotatable bonds is 8. The lowest BCUT2D eigenvalue weighted by molar-refractivity contribution is -0.135. The quantitative estimate of drug-likeness (QED) is 0.347. The number of thiophene rings is 1. The Morgan fingerprint density at radius 3 is 2.56 bits per heavy atom. The lowest BCUT2D eigenvalue weighted by atomic mass is 10.00. The van der Waals surface area contributed by atoms with Crippen molar-refractivity contribution in [1.82, 2.24) is 9.80 Å². The van der Waals surface area contributed by atoms with Crippen LogP contribution < -0.4 is 4.74 Å². The van der Waals surface area contributed by atoms with Gasteiger partial charge in [-0.05, 0) is 72.0 Å². The van der Waals surface area contributed by atoms with Gasteiger partial charge in [-0.1, -0.05) is 49.7 Å². The van der Waals surface area contributed by atoms with Crippen molar-refractivity contribution in [2.75, 3.05) is 19.7 Å². The summed E-state index contributed by atoms with van der Waals surface area (Å²) in [5.74, 6) is 1.02. The van der Waals surface area contributed by atoms with Gasteiger partial charge in [0, 0.05) is 17.5 Å². The minimum absolute atomic E-state index is 0.0494. The monoisotopic (exact) mass is 522 g/mol. The molecule has 1 atom stereocenters. The van der Waals surface area contributed by atoms with E-state index >= 15 is 0 Å². The lowest BCUT2D eigenvalue weighted by Crippen LogP contribution is -2.48. The molecule has 1 aromatic heterocycles. The fourth-order valence-corrected chi connectivity index (χ4v) is 5.92. The molecule has 5 rings (SSSR count). The average molecular weight is 523 g/mol. The van der Waals surface area contributed by atoms with Crippen LogP contribution in [0.15, 0.2) is 60.0 Å². The summed E-state index contributed by atoms with van der Waals surface area (Å²) in [6.07, 6.45) is 2.65. The SMILES string of the molecule is CC(C)c1ccc(OC[C@@H]2c3ccsc3CCN2C(=O)CN(C(=O)c2ccccc2Cl)C2CC2)cc1. The summed E-state index contributed by atoms with van der Waals surface area (Å²) in [5, 5.41) is 2.50. The van der Waals surface area contributed by atoms with E-state index in [4.69, 9.17) is 16.3 Å². The molecule has 0 radical (unpaired) electrons. The molecule has 2 aliphatic rings. The molecule has 1 saturated carbocycles. The zero-order valence-corrected chi connectivity index (χ0v) is 22.2. The maximum absolute atomic E-state index is 13.7. The molecule has 0 N–H and O–H groups in total. The van der Waals surface area contributed by atoms with Gasteiger partial charge in [0.15, 0.2) is 0 Å². The smallest absolute Gasteiger partial charge is 0.256 e. The summed E-state index contributed by atoms with van der Waals surface area (Å²) in [6, 6.07) is 17.2. The number of carbonyl (C=O) groups is 2. The molecule has 2 heterocycles. The molecule has 36 heavy (non-hydrogen) atoms. The molecule has 3 aromatic rings. The number of fused-ring (bicyclic) bond motifs is 1. The Bertz CT molecular complexity index is 1240. The maximum atomic E-state index is 13.7. The molecule has 7 heteroatoms. The minimum Gasteiger partial charge on any atom is -0.491 e. The summed E-state index contributed by atoms with van der Waals surface area (Å²) in [6.45, 7) is 5.37. The Balaban J connectivity index is 1.33. The number of hydrogen-bond donors (Lipinski definition) is 0. The summed E-state index contributed by atoms with van der Waals surface area (Å²) >= 11 is 8.04. The Hall–Kier alpha value is -2.83. The third-order valence-corrected chi connectivity index (χ3v) is 8.35. The second kappa shape index (κ2) is 10.7. The molecule has 5 nitrogen and oxygen atoms in total. The van der Waals surface area contributed by atoms with Gasteiger partial charge in [-0.15, -0.1) is 11.3 Å². The highest BCUT2D eigenvalue weighted by molar-refractivity contribution is 7.10. The largest absolute Gasteiger partial charge is 0.491 e. The number of nitrogens with zero attached hydrogens (tertiary/aromatic N) is 2. The van der Waals surface area contributed by atoms with Crippen LogP contribution in [-0.4, -0.2) is 47.4 Å². The van der Waals surface area contributed by atoms with Gasteiger partial charge in [0.1, 0.15) is 18.9 Å². The van der Waals surface area contributed by atoms with E-state index in [1.165, 1.54) is 10.4 Å². The fourth-order valence-electron chi connectivity index (χ4n) is 4.78. The van der Waals surface area contributed by atoms with E-state index in [0.29, 0.717) is 29.7 Å². The standard InChI is InChI=1S/C29H31ClN2O3S/c1-19(2)20-7-11-22(12-8-20)35-18-26-24-14-16-36-27(24)13-15-31(26)28(33)17-32(21-9-10-21)29(34)23-5-3-4-6-25(23)30/h3-8,11-12,14,16,19,21,26H,9-10,13,15,17-18H2,1-2H3/t26-/m1/s1. The molecule has 0 saturated heterocycles. The lowest BCUT2D eigenvalue weighted by Gasteiger charge is -2.37. The van der Waals surface area contributed by atoms with Crippen molar-refractivity contribution in [2.24, 2.45) is 0 Å². The second-order valence-corrected chi connectivity index (χ2v) is 11.2. The fraction of sp³-hybridized carbons (Fsp3) is 0.379. The molecule has 2 amide bonds. The van der Waals surface area contributed by atoms with Crippen LogP contribution in [0.3, 0.4) is 0 Å². The Kier molecular flexibility index (Phi) is 7.35. The van der Waals surface area contributed by atoms with Crippen LogP contribution in [0.5, 0.6) is 5.75 Å². The Morgan fingerprint density at radius 1 is 1.11 bits per heavy atom. The van der Waals surface area contributed by atoms with Crippen LogP contribution in [0.1, 0.15) is 65.0 Å². The highest BCUT2D eigenvalue weighted by Gasteiger charge is 2.38. The van der Waals surface area contributed by atoms with E-state index in [1.807, 2.05) is 17.0 Å². The van der Waals surface area contributed by atoms with Crippen molar-refractivity contribution in [2.45, 2.75) is 51.1 Å². The van der Waals surface area contributed by atoms with E-state index in [0.717, 1.165) is 30.6 Å². The van der Waals surface area contributed by atoms with Crippen molar-refractivity contribution < 1.29 is 14.3 Å². The zero-order valence-electron chi connectivity index (χ0n) is 20.7. The number of benzene rings is 2. The number of amides is 2. The Morgan fingerprint density at radius 2 is 1.86 bits per heavy atom. The van der Waals surface area contributed by atoms with Gasteiger partial charge in [0.25, 0.3) is 5.91 Å². The molecular formula is C29H31ClN2O3S. The first-order valence-electron chi connectivity index (χ1n) is 12.6.